The van der Waals surface area contributed by atoms with Crippen molar-refractivity contribution in [2.24, 2.45) is 16.8 Å². The van der Waals surface area contributed by atoms with Gasteiger partial charge in [-0.25, -0.2) is 0 Å². The number of ether oxygens (including phenoxy) is 2. The number of rotatable bonds is 14. The maximum absolute atomic E-state index is 5.92. The van der Waals surface area contributed by atoms with Gasteiger partial charge in [0.15, 0.2) is 0 Å². The molecular weight excluding hydrogens is 304 g/mol. The first-order valence-corrected chi connectivity index (χ1v) is 9.27. The lowest BCUT2D eigenvalue weighted by molar-refractivity contribution is -0.0933. The fourth-order valence-electron chi connectivity index (χ4n) is 2.27. The van der Waals surface area contributed by atoms with Crippen LogP contribution in [-0.4, -0.2) is 43.3 Å². The molecule has 0 spiro atoms. The monoisotopic (exact) mass is 344 g/mol. The Morgan fingerprint density at radius 2 is 1.50 bits per heavy atom. The van der Waals surface area contributed by atoms with Gasteiger partial charge in [0, 0.05) is 6.42 Å². The lowest BCUT2D eigenvalue weighted by Crippen LogP contribution is -2.32. The predicted molar refractivity (Wildman–Crippen MR) is 101 cm³/mol. The molecule has 2 N–H and O–H groups in total. The van der Waals surface area contributed by atoms with Gasteiger partial charge in [-0.05, 0) is 59.4 Å². The fourth-order valence-corrected chi connectivity index (χ4v) is 2.27. The molecule has 0 saturated carbocycles. The van der Waals surface area contributed by atoms with E-state index in [0.717, 1.165) is 31.4 Å². The molecule has 144 valence electrons. The Balaban J connectivity index is 3.99. The number of oxime groups is 1. The molecule has 0 atom stereocenters. The van der Waals surface area contributed by atoms with Crippen LogP contribution in [0.3, 0.4) is 0 Å². The summed E-state index contributed by atoms with van der Waals surface area (Å²) in [5.74, 6) is 0.607. The Labute approximate surface area is 149 Å². The Kier molecular flexibility index (Phi) is 11.5. The van der Waals surface area contributed by atoms with Crippen molar-refractivity contribution in [1.82, 2.24) is 0 Å². The van der Waals surface area contributed by atoms with E-state index < -0.39 is 0 Å². The highest BCUT2D eigenvalue weighted by molar-refractivity contribution is 5.83. The number of nitrogens with zero attached hydrogens (tertiary/aromatic N) is 1. The molecule has 5 nitrogen and oxygen atoms in total. The summed E-state index contributed by atoms with van der Waals surface area (Å²) in [5, 5.41) is 4.26. The lowest BCUT2D eigenvalue weighted by Gasteiger charge is -2.28. The van der Waals surface area contributed by atoms with Gasteiger partial charge in [0.1, 0.15) is 6.61 Å². The summed E-state index contributed by atoms with van der Waals surface area (Å²) < 4.78 is 11.7. The smallest absolute Gasteiger partial charge is 0.119 e. The molecule has 0 aliphatic heterocycles. The van der Waals surface area contributed by atoms with E-state index in [9.17, 15) is 0 Å². The summed E-state index contributed by atoms with van der Waals surface area (Å²) in [6, 6.07) is 0. The number of hydrogen-bond donors (Lipinski definition) is 1. The van der Waals surface area contributed by atoms with Crippen LogP contribution in [0.1, 0.15) is 74.1 Å². The molecule has 0 bridgehead atoms. The van der Waals surface area contributed by atoms with E-state index in [1.807, 2.05) is 0 Å². The van der Waals surface area contributed by atoms with Crippen LogP contribution in [0.4, 0.5) is 0 Å². The van der Waals surface area contributed by atoms with Gasteiger partial charge in [0.05, 0.1) is 30.1 Å². The minimum Gasteiger partial charge on any atom is -0.396 e. The van der Waals surface area contributed by atoms with E-state index in [4.69, 9.17) is 20.0 Å². The van der Waals surface area contributed by atoms with Gasteiger partial charge in [-0.2, -0.15) is 0 Å². The van der Waals surface area contributed by atoms with Crippen molar-refractivity contribution in [3.8, 4) is 0 Å². The summed E-state index contributed by atoms with van der Waals surface area (Å²) in [7, 11) is 0. The van der Waals surface area contributed by atoms with Gasteiger partial charge < -0.3 is 20.0 Å². The van der Waals surface area contributed by atoms with E-state index in [0.29, 0.717) is 32.3 Å². The molecule has 5 heteroatoms. The summed E-state index contributed by atoms with van der Waals surface area (Å²) >= 11 is 0. The minimum absolute atomic E-state index is 0.187. The molecule has 0 heterocycles. The topological polar surface area (TPSA) is 66.1 Å². The molecule has 24 heavy (non-hydrogen) atoms. The van der Waals surface area contributed by atoms with Crippen molar-refractivity contribution in [1.29, 1.82) is 0 Å². The van der Waals surface area contributed by atoms with Gasteiger partial charge in [0.2, 0.25) is 0 Å². The van der Waals surface area contributed by atoms with Gasteiger partial charge in [0.25, 0.3) is 0 Å². The van der Waals surface area contributed by atoms with Crippen LogP contribution in [0, 0.1) is 5.92 Å². The first kappa shape index (κ1) is 23.4. The average Bonchev–Trinajstić information content (AvgIpc) is 2.46. The molecule has 0 radical (unpaired) electrons. The number of hydrogen-bond acceptors (Lipinski definition) is 5. The number of nitrogens with two attached hydrogens (primary N) is 1. The van der Waals surface area contributed by atoms with Crippen molar-refractivity contribution < 1.29 is 14.3 Å². The summed E-state index contributed by atoms with van der Waals surface area (Å²) in [6.07, 6.45) is 3.57. The third-order valence-corrected chi connectivity index (χ3v) is 3.86. The quantitative estimate of drug-likeness (QED) is 0.292. The van der Waals surface area contributed by atoms with Crippen LogP contribution in [0.5, 0.6) is 0 Å². The van der Waals surface area contributed by atoms with Crippen LogP contribution < -0.4 is 5.73 Å². The Morgan fingerprint density at radius 1 is 0.958 bits per heavy atom. The van der Waals surface area contributed by atoms with Gasteiger partial charge in [-0.1, -0.05) is 25.9 Å². The molecule has 0 fully saturated rings. The highest BCUT2D eigenvalue weighted by atomic mass is 16.6. The largest absolute Gasteiger partial charge is 0.396 e. The molecule has 0 saturated heterocycles. The molecule has 0 rings (SSSR count). The summed E-state index contributed by atoms with van der Waals surface area (Å²) in [6.45, 7) is 17.1. The summed E-state index contributed by atoms with van der Waals surface area (Å²) in [4.78, 5) is 5.48. The zero-order valence-electron chi connectivity index (χ0n) is 17.0. The molecule has 0 aliphatic carbocycles. The Morgan fingerprint density at radius 3 is 1.96 bits per heavy atom. The molecule has 0 amide bonds. The second kappa shape index (κ2) is 11.8. The summed E-state index contributed by atoms with van der Waals surface area (Å²) in [5.41, 5.74) is 6.27. The zero-order chi connectivity index (χ0) is 18.6. The average molecular weight is 345 g/mol. The van der Waals surface area contributed by atoms with E-state index >= 15 is 0 Å². The Hall–Kier alpha value is -0.650. The molecule has 0 aliphatic rings. The first-order chi connectivity index (χ1) is 11.1. The third-order valence-electron chi connectivity index (χ3n) is 3.86. The van der Waals surface area contributed by atoms with Crippen LogP contribution in [0.2, 0.25) is 0 Å². The van der Waals surface area contributed by atoms with Crippen molar-refractivity contribution in [2.45, 2.75) is 85.4 Å². The second-order valence-electron chi connectivity index (χ2n) is 7.95. The van der Waals surface area contributed by atoms with Gasteiger partial charge >= 0.3 is 0 Å². The van der Waals surface area contributed by atoms with Crippen LogP contribution >= 0.6 is 0 Å². The van der Waals surface area contributed by atoms with Crippen LogP contribution in [0.25, 0.3) is 0 Å². The van der Waals surface area contributed by atoms with Crippen LogP contribution in [-0.2, 0) is 14.3 Å². The minimum atomic E-state index is -0.249. The van der Waals surface area contributed by atoms with Crippen LogP contribution in [0.15, 0.2) is 5.16 Å². The standard InChI is InChI=1S/C19H40N2O3/c1-8-17(15-16(2)3)21-24-12-10-19(6,7)23-14-13-22-18(4,5)9-11-20/h16H,8-15,20H2,1-7H3/b21-17-. The fraction of sp³-hybridized carbons (Fsp3) is 0.947. The van der Waals surface area contributed by atoms with E-state index in [-0.39, 0.29) is 11.2 Å². The Bertz CT molecular complexity index is 353. The van der Waals surface area contributed by atoms with Crippen molar-refractivity contribution in [3.63, 3.8) is 0 Å². The maximum atomic E-state index is 5.92. The molecular formula is C19H40N2O3. The van der Waals surface area contributed by atoms with E-state index in [2.05, 4.69) is 53.6 Å². The molecule has 0 unspecified atom stereocenters. The highest BCUT2D eigenvalue weighted by Gasteiger charge is 2.20. The molecule has 0 aromatic carbocycles. The van der Waals surface area contributed by atoms with Crippen molar-refractivity contribution >= 4 is 5.71 Å². The van der Waals surface area contributed by atoms with Gasteiger partial charge in [-0.3, -0.25) is 0 Å². The third kappa shape index (κ3) is 12.7. The second-order valence-corrected chi connectivity index (χ2v) is 7.95. The first-order valence-electron chi connectivity index (χ1n) is 9.27. The van der Waals surface area contributed by atoms with Gasteiger partial charge in [-0.15, -0.1) is 0 Å². The van der Waals surface area contributed by atoms with E-state index in [1.54, 1.807) is 0 Å². The SMILES string of the molecule is CC/C(CC(C)C)=N/OCCC(C)(C)OCCOC(C)(C)CCN. The van der Waals surface area contributed by atoms with Crippen molar-refractivity contribution in [2.75, 3.05) is 26.4 Å². The lowest BCUT2D eigenvalue weighted by atomic mass is 10.1. The highest BCUT2D eigenvalue weighted by Crippen LogP contribution is 2.17. The predicted octanol–water partition coefficient (Wildman–Crippen LogP) is 4.14. The zero-order valence-corrected chi connectivity index (χ0v) is 17.0. The normalized spacial score (nSPS) is 13.6. The molecule has 0 aromatic heterocycles. The molecule has 0 aromatic rings. The van der Waals surface area contributed by atoms with E-state index in [1.165, 1.54) is 0 Å². The van der Waals surface area contributed by atoms with Crippen molar-refractivity contribution in [3.05, 3.63) is 0 Å². The maximum Gasteiger partial charge on any atom is 0.119 e.